The van der Waals surface area contributed by atoms with Crippen molar-refractivity contribution in [3.05, 3.63) is 23.2 Å². The van der Waals surface area contributed by atoms with Crippen molar-refractivity contribution in [2.75, 3.05) is 13.1 Å². The molecule has 2 unspecified atom stereocenters. The second kappa shape index (κ2) is 4.44. The number of hydrogen-bond acceptors (Lipinski definition) is 4. The molecule has 17 heavy (non-hydrogen) atoms. The SMILES string of the molecule is Cc1cc(CN2CC3CCC(C2)O3)oc1CN. The van der Waals surface area contributed by atoms with Gasteiger partial charge in [0.05, 0.1) is 25.3 Å². The molecule has 2 fully saturated rings. The van der Waals surface area contributed by atoms with E-state index in [9.17, 15) is 0 Å². The highest BCUT2D eigenvalue weighted by molar-refractivity contribution is 5.19. The largest absolute Gasteiger partial charge is 0.463 e. The van der Waals surface area contributed by atoms with Crippen LogP contribution in [0.2, 0.25) is 0 Å². The van der Waals surface area contributed by atoms with Gasteiger partial charge in [-0.15, -0.1) is 0 Å². The van der Waals surface area contributed by atoms with Crippen LogP contribution in [0.5, 0.6) is 0 Å². The first-order chi connectivity index (χ1) is 8.24. The van der Waals surface area contributed by atoms with Gasteiger partial charge in [0, 0.05) is 13.1 Å². The van der Waals surface area contributed by atoms with Gasteiger partial charge in [-0.1, -0.05) is 0 Å². The second-order valence-electron chi connectivity index (χ2n) is 5.17. The van der Waals surface area contributed by atoms with Crippen molar-refractivity contribution >= 4 is 0 Å². The lowest BCUT2D eigenvalue weighted by atomic mass is 10.2. The number of likely N-dealkylation sites (tertiary alicyclic amines) is 1. The maximum absolute atomic E-state index is 5.82. The second-order valence-corrected chi connectivity index (χ2v) is 5.17. The third-order valence-electron chi connectivity index (χ3n) is 3.76. The molecule has 2 aliphatic rings. The number of furan rings is 1. The molecule has 2 atom stereocenters. The summed E-state index contributed by atoms with van der Waals surface area (Å²) in [6.45, 7) is 5.50. The Kier molecular flexibility index (Phi) is 2.94. The molecule has 94 valence electrons. The van der Waals surface area contributed by atoms with Crippen LogP contribution in [0.15, 0.2) is 10.5 Å². The van der Waals surface area contributed by atoms with E-state index in [1.807, 2.05) is 0 Å². The van der Waals surface area contributed by atoms with E-state index in [4.69, 9.17) is 14.9 Å². The Bertz CT molecular complexity index is 390. The van der Waals surface area contributed by atoms with Gasteiger partial charge in [0.2, 0.25) is 0 Å². The lowest BCUT2D eigenvalue weighted by Gasteiger charge is -2.31. The molecule has 2 N–H and O–H groups in total. The van der Waals surface area contributed by atoms with Gasteiger partial charge in [-0.2, -0.15) is 0 Å². The van der Waals surface area contributed by atoms with Crippen molar-refractivity contribution in [2.45, 2.75) is 45.1 Å². The minimum atomic E-state index is 0.443. The smallest absolute Gasteiger partial charge is 0.120 e. The first-order valence-electron chi connectivity index (χ1n) is 6.40. The monoisotopic (exact) mass is 236 g/mol. The summed E-state index contributed by atoms with van der Waals surface area (Å²) in [6.07, 6.45) is 3.32. The standard InChI is InChI=1S/C13H20N2O2/c1-9-4-12(17-13(9)5-14)8-15-6-10-2-3-11(7-15)16-10/h4,10-11H,2-3,5-8,14H2,1H3. The molecule has 2 saturated heterocycles. The van der Waals surface area contributed by atoms with Crippen molar-refractivity contribution in [1.82, 2.24) is 4.90 Å². The van der Waals surface area contributed by atoms with E-state index in [0.717, 1.165) is 31.2 Å². The van der Waals surface area contributed by atoms with Crippen molar-refractivity contribution in [3.8, 4) is 0 Å². The minimum absolute atomic E-state index is 0.443. The predicted octanol–water partition coefficient (Wildman–Crippen LogP) is 1.41. The van der Waals surface area contributed by atoms with Gasteiger partial charge < -0.3 is 14.9 Å². The predicted molar refractivity (Wildman–Crippen MR) is 64.5 cm³/mol. The van der Waals surface area contributed by atoms with E-state index in [1.54, 1.807) is 0 Å². The summed E-state index contributed by atoms with van der Waals surface area (Å²) >= 11 is 0. The van der Waals surface area contributed by atoms with Crippen LogP contribution in [0, 0.1) is 6.92 Å². The van der Waals surface area contributed by atoms with Gasteiger partial charge in [-0.3, -0.25) is 4.90 Å². The van der Waals surface area contributed by atoms with Gasteiger partial charge >= 0.3 is 0 Å². The molecule has 0 aliphatic carbocycles. The Hall–Kier alpha value is -0.840. The van der Waals surface area contributed by atoms with Crippen LogP contribution in [0.25, 0.3) is 0 Å². The van der Waals surface area contributed by atoms with Crippen LogP contribution >= 0.6 is 0 Å². The highest BCUT2D eigenvalue weighted by atomic mass is 16.5. The summed E-state index contributed by atoms with van der Waals surface area (Å²) in [5.41, 5.74) is 6.79. The third kappa shape index (κ3) is 2.25. The van der Waals surface area contributed by atoms with E-state index >= 15 is 0 Å². The number of rotatable bonds is 3. The molecule has 1 aromatic heterocycles. The number of nitrogens with two attached hydrogens (primary N) is 1. The molecule has 2 bridgehead atoms. The number of nitrogens with zero attached hydrogens (tertiary/aromatic N) is 1. The highest BCUT2D eigenvalue weighted by Gasteiger charge is 2.33. The van der Waals surface area contributed by atoms with Crippen LogP contribution in [0.4, 0.5) is 0 Å². The fraction of sp³-hybridized carbons (Fsp3) is 0.692. The Morgan fingerprint density at radius 1 is 1.35 bits per heavy atom. The summed E-state index contributed by atoms with van der Waals surface area (Å²) in [6, 6.07) is 2.11. The van der Waals surface area contributed by atoms with Gasteiger partial charge in [-0.05, 0) is 31.4 Å². The van der Waals surface area contributed by atoms with Crippen LogP contribution < -0.4 is 5.73 Å². The first-order valence-corrected chi connectivity index (χ1v) is 6.40. The number of fused-ring (bicyclic) bond motifs is 2. The summed E-state index contributed by atoms with van der Waals surface area (Å²) in [7, 11) is 0. The summed E-state index contributed by atoms with van der Waals surface area (Å²) in [5, 5.41) is 0. The van der Waals surface area contributed by atoms with E-state index < -0.39 is 0 Å². The zero-order chi connectivity index (χ0) is 11.8. The average molecular weight is 236 g/mol. The molecule has 0 amide bonds. The lowest BCUT2D eigenvalue weighted by Crippen LogP contribution is -2.41. The van der Waals surface area contributed by atoms with E-state index in [2.05, 4.69) is 17.9 Å². The molecule has 3 heterocycles. The zero-order valence-corrected chi connectivity index (χ0v) is 10.3. The normalized spacial score (nSPS) is 28.8. The quantitative estimate of drug-likeness (QED) is 0.862. The van der Waals surface area contributed by atoms with Crippen LogP contribution in [-0.2, 0) is 17.8 Å². The first kappa shape index (κ1) is 11.3. The number of morpholine rings is 1. The molecule has 0 spiro atoms. The van der Waals surface area contributed by atoms with Crippen LogP contribution in [0.1, 0.15) is 29.9 Å². The summed E-state index contributed by atoms with van der Waals surface area (Å²) in [4.78, 5) is 2.43. The van der Waals surface area contributed by atoms with Gasteiger partial charge in [0.1, 0.15) is 11.5 Å². The van der Waals surface area contributed by atoms with E-state index in [-0.39, 0.29) is 0 Å². The number of ether oxygens (including phenoxy) is 1. The molecule has 1 aromatic rings. The van der Waals surface area contributed by atoms with Crippen LogP contribution in [0.3, 0.4) is 0 Å². The maximum atomic E-state index is 5.82. The molecule has 0 aromatic carbocycles. The average Bonchev–Trinajstić information content (AvgIpc) is 2.82. The highest BCUT2D eigenvalue weighted by Crippen LogP contribution is 2.27. The zero-order valence-electron chi connectivity index (χ0n) is 10.3. The van der Waals surface area contributed by atoms with Gasteiger partial charge in [0.15, 0.2) is 0 Å². The Morgan fingerprint density at radius 2 is 2.06 bits per heavy atom. The summed E-state index contributed by atoms with van der Waals surface area (Å²) in [5.74, 6) is 1.94. The molecule has 0 saturated carbocycles. The van der Waals surface area contributed by atoms with Crippen molar-refractivity contribution in [3.63, 3.8) is 0 Å². The number of aryl methyl sites for hydroxylation is 1. The molecular weight excluding hydrogens is 216 g/mol. The minimum Gasteiger partial charge on any atom is -0.463 e. The molecule has 2 aliphatic heterocycles. The third-order valence-corrected chi connectivity index (χ3v) is 3.76. The molecule has 3 rings (SSSR count). The fourth-order valence-corrected chi connectivity index (χ4v) is 2.92. The van der Waals surface area contributed by atoms with Crippen molar-refractivity contribution in [2.24, 2.45) is 5.73 Å². The van der Waals surface area contributed by atoms with Crippen molar-refractivity contribution < 1.29 is 9.15 Å². The Balaban J connectivity index is 1.66. The van der Waals surface area contributed by atoms with E-state index in [1.165, 1.54) is 18.4 Å². The van der Waals surface area contributed by atoms with Gasteiger partial charge in [-0.25, -0.2) is 0 Å². The topological polar surface area (TPSA) is 51.6 Å². The summed E-state index contributed by atoms with van der Waals surface area (Å²) < 4.78 is 11.6. The molecule has 4 nitrogen and oxygen atoms in total. The molecule has 0 radical (unpaired) electrons. The number of hydrogen-bond donors (Lipinski definition) is 1. The van der Waals surface area contributed by atoms with Crippen molar-refractivity contribution in [1.29, 1.82) is 0 Å². The molecule has 4 heteroatoms. The fourth-order valence-electron chi connectivity index (χ4n) is 2.92. The van der Waals surface area contributed by atoms with E-state index in [0.29, 0.717) is 18.8 Å². The molecular formula is C13H20N2O2. The van der Waals surface area contributed by atoms with Crippen LogP contribution in [-0.4, -0.2) is 30.2 Å². The van der Waals surface area contributed by atoms with Gasteiger partial charge in [0.25, 0.3) is 0 Å². The Morgan fingerprint density at radius 3 is 2.65 bits per heavy atom. The maximum Gasteiger partial charge on any atom is 0.120 e. The Labute approximate surface area is 102 Å². The lowest BCUT2D eigenvalue weighted by molar-refractivity contribution is -0.0427.